The lowest BCUT2D eigenvalue weighted by molar-refractivity contribution is 0.289. The molecule has 0 spiro atoms. The highest BCUT2D eigenvalue weighted by Crippen LogP contribution is 2.26. The van der Waals surface area contributed by atoms with E-state index in [1.807, 2.05) is 91.0 Å². The summed E-state index contributed by atoms with van der Waals surface area (Å²) in [5.74, 6) is 2.07. The van der Waals surface area contributed by atoms with Gasteiger partial charge in [-0.15, -0.1) is 10.2 Å². The van der Waals surface area contributed by atoms with E-state index in [1.165, 1.54) is 11.3 Å². The first-order valence-electron chi connectivity index (χ1n) is 11.0. The smallest absolute Gasteiger partial charge is 0.235 e. The molecule has 0 aliphatic carbocycles. The molecule has 0 aliphatic rings. The highest BCUT2D eigenvalue weighted by atomic mass is 32.1. The van der Waals surface area contributed by atoms with Crippen LogP contribution in [-0.2, 0) is 13.2 Å². The second-order valence-electron chi connectivity index (χ2n) is 7.78. The molecule has 0 bridgehead atoms. The van der Waals surface area contributed by atoms with Gasteiger partial charge in [0.25, 0.3) is 0 Å². The van der Waals surface area contributed by atoms with Crippen LogP contribution >= 0.6 is 11.3 Å². The lowest BCUT2D eigenvalue weighted by atomic mass is 10.1. The summed E-state index contributed by atoms with van der Waals surface area (Å²) < 4.78 is 13.6. The molecule has 0 saturated carbocycles. The molecule has 3 aromatic carbocycles. The lowest BCUT2D eigenvalue weighted by Gasteiger charge is -2.09. The van der Waals surface area contributed by atoms with Gasteiger partial charge in [0, 0.05) is 11.6 Å². The van der Waals surface area contributed by atoms with Gasteiger partial charge in [-0.1, -0.05) is 78.1 Å². The predicted molar refractivity (Wildman–Crippen MR) is 133 cm³/mol. The van der Waals surface area contributed by atoms with Gasteiger partial charge in [0.1, 0.15) is 30.4 Å². The van der Waals surface area contributed by atoms with Gasteiger partial charge >= 0.3 is 0 Å². The van der Waals surface area contributed by atoms with Crippen LogP contribution in [0.4, 0.5) is 0 Å². The summed E-state index contributed by atoms with van der Waals surface area (Å²) in [6.07, 6.45) is 0. The molecule has 0 atom stereocenters. The molecule has 6 aromatic rings. The van der Waals surface area contributed by atoms with E-state index in [0.717, 1.165) is 33.3 Å². The van der Waals surface area contributed by atoms with Crippen molar-refractivity contribution in [3.63, 3.8) is 0 Å². The molecule has 172 valence electrons. The number of ether oxygens (including phenoxy) is 2. The summed E-state index contributed by atoms with van der Waals surface area (Å²) in [4.78, 5) is 0.689. The van der Waals surface area contributed by atoms with Crippen LogP contribution in [0.5, 0.6) is 11.5 Å². The maximum atomic E-state index is 5.98. The molecule has 0 saturated heterocycles. The Labute approximate surface area is 204 Å². The van der Waals surface area contributed by atoms with Crippen LogP contribution in [0.25, 0.3) is 27.7 Å². The first-order valence-corrected chi connectivity index (χ1v) is 11.9. The molecule has 0 radical (unpaired) electrons. The minimum Gasteiger partial charge on any atom is -0.489 e. The minimum atomic E-state index is 0.313. The zero-order valence-corrected chi connectivity index (χ0v) is 19.4. The Kier molecular flexibility index (Phi) is 5.65. The van der Waals surface area contributed by atoms with E-state index in [0.29, 0.717) is 29.7 Å². The molecule has 8 nitrogen and oxygen atoms in total. The zero-order valence-electron chi connectivity index (χ0n) is 18.5. The molecular formula is C26H20N6O2S. The van der Waals surface area contributed by atoms with Crippen LogP contribution < -0.4 is 9.47 Å². The molecule has 0 aliphatic heterocycles. The monoisotopic (exact) mass is 480 g/mol. The zero-order chi connectivity index (χ0) is 23.5. The third-order valence-corrected chi connectivity index (χ3v) is 6.21. The molecule has 6 rings (SSSR count). The standard InChI is InChI=1S/C26H20N6O2S/c1-3-8-18(9-4-1)16-33-20-12-7-13-21(14-20)34-17-24-31-32-25(29-30-26(32)35-24)23-15-22(27-28-23)19-10-5-2-6-11-19/h1-15H,16-17H2,(H,27,28). The summed E-state index contributed by atoms with van der Waals surface area (Å²) in [7, 11) is 0. The highest BCUT2D eigenvalue weighted by molar-refractivity contribution is 7.16. The SMILES string of the molecule is c1ccc(COc2cccc(OCc3nn4c(-c5cc(-c6ccccc6)n[nH]5)nnc4s3)c2)cc1. The van der Waals surface area contributed by atoms with Crippen LogP contribution in [0, 0.1) is 0 Å². The van der Waals surface area contributed by atoms with Crippen molar-refractivity contribution in [2.24, 2.45) is 0 Å². The van der Waals surface area contributed by atoms with E-state index >= 15 is 0 Å². The van der Waals surface area contributed by atoms with Gasteiger partial charge in [0.15, 0.2) is 5.01 Å². The Bertz CT molecular complexity index is 1560. The van der Waals surface area contributed by atoms with Gasteiger partial charge in [0.05, 0.1) is 5.69 Å². The Morgan fingerprint density at radius 2 is 1.51 bits per heavy atom. The number of nitrogens with one attached hydrogen (secondary N) is 1. The van der Waals surface area contributed by atoms with Gasteiger partial charge in [0.2, 0.25) is 10.8 Å². The van der Waals surface area contributed by atoms with E-state index in [2.05, 4.69) is 25.5 Å². The summed E-state index contributed by atoms with van der Waals surface area (Å²) in [5.41, 5.74) is 3.73. The number of fused-ring (bicyclic) bond motifs is 1. The summed E-state index contributed by atoms with van der Waals surface area (Å²) in [5, 5.41) is 21.4. The van der Waals surface area contributed by atoms with Crippen molar-refractivity contribution < 1.29 is 9.47 Å². The maximum absolute atomic E-state index is 5.98. The van der Waals surface area contributed by atoms with Crippen molar-refractivity contribution in [2.75, 3.05) is 0 Å². The van der Waals surface area contributed by atoms with Crippen molar-refractivity contribution >= 4 is 16.3 Å². The number of rotatable bonds is 8. The van der Waals surface area contributed by atoms with Crippen LogP contribution in [0.1, 0.15) is 10.6 Å². The fourth-order valence-electron chi connectivity index (χ4n) is 3.62. The van der Waals surface area contributed by atoms with E-state index in [-0.39, 0.29) is 0 Å². The molecule has 0 fully saturated rings. The van der Waals surface area contributed by atoms with Crippen molar-refractivity contribution in [3.05, 3.63) is 102 Å². The van der Waals surface area contributed by atoms with Gasteiger partial charge in [-0.2, -0.15) is 14.7 Å². The number of aromatic nitrogens is 6. The molecule has 1 N–H and O–H groups in total. The van der Waals surface area contributed by atoms with Gasteiger partial charge in [-0.05, 0) is 23.8 Å². The Hall–Kier alpha value is -4.50. The third kappa shape index (κ3) is 4.62. The summed E-state index contributed by atoms with van der Waals surface area (Å²) in [6.45, 7) is 0.817. The quantitative estimate of drug-likeness (QED) is 0.314. The molecule has 0 unspecified atom stereocenters. The number of hydrogen-bond acceptors (Lipinski definition) is 7. The topological polar surface area (TPSA) is 90.2 Å². The predicted octanol–water partition coefficient (Wildman–Crippen LogP) is 5.40. The molecular weight excluding hydrogens is 460 g/mol. The Morgan fingerprint density at radius 3 is 2.31 bits per heavy atom. The van der Waals surface area contributed by atoms with Crippen molar-refractivity contribution in [3.8, 4) is 34.3 Å². The number of H-pyrrole nitrogens is 1. The van der Waals surface area contributed by atoms with Gasteiger partial charge < -0.3 is 9.47 Å². The van der Waals surface area contributed by atoms with Crippen molar-refractivity contribution in [1.82, 2.24) is 30.0 Å². The van der Waals surface area contributed by atoms with Gasteiger partial charge in [-0.25, -0.2) is 0 Å². The largest absolute Gasteiger partial charge is 0.489 e. The van der Waals surface area contributed by atoms with E-state index in [1.54, 1.807) is 4.52 Å². The molecule has 3 aromatic heterocycles. The lowest BCUT2D eigenvalue weighted by Crippen LogP contribution is -1.99. The van der Waals surface area contributed by atoms with Crippen LogP contribution in [-0.4, -0.2) is 30.0 Å². The molecule has 9 heteroatoms. The number of aromatic amines is 1. The number of benzene rings is 3. The molecule has 3 heterocycles. The van der Waals surface area contributed by atoms with Gasteiger partial charge in [-0.3, -0.25) is 5.10 Å². The second kappa shape index (κ2) is 9.40. The first-order chi connectivity index (χ1) is 17.3. The Balaban J connectivity index is 1.14. The van der Waals surface area contributed by atoms with E-state index in [9.17, 15) is 0 Å². The van der Waals surface area contributed by atoms with E-state index in [4.69, 9.17) is 9.47 Å². The fraction of sp³-hybridized carbons (Fsp3) is 0.0769. The average Bonchev–Trinajstić information content (AvgIpc) is 3.64. The number of hydrogen-bond donors (Lipinski definition) is 1. The van der Waals surface area contributed by atoms with Crippen molar-refractivity contribution in [2.45, 2.75) is 13.2 Å². The third-order valence-electron chi connectivity index (χ3n) is 5.34. The summed E-state index contributed by atoms with van der Waals surface area (Å²) >= 11 is 1.43. The average molecular weight is 481 g/mol. The normalized spacial score (nSPS) is 11.1. The second-order valence-corrected chi connectivity index (χ2v) is 8.82. The minimum absolute atomic E-state index is 0.313. The van der Waals surface area contributed by atoms with Crippen LogP contribution in [0.3, 0.4) is 0 Å². The van der Waals surface area contributed by atoms with Crippen LogP contribution in [0.2, 0.25) is 0 Å². The fourth-order valence-corrected chi connectivity index (χ4v) is 4.36. The highest BCUT2D eigenvalue weighted by Gasteiger charge is 2.16. The van der Waals surface area contributed by atoms with Crippen LogP contribution in [0.15, 0.2) is 91.0 Å². The summed E-state index contributed by atoms with van der Waals surface area (Å²) in [6, 6.07) is 29.6. The van der Waals surface area contributed by atoms with Crippen molar-refractivity contribution in [1.29, 1.82) is 0 Å². The Morgan fingerprint density at radius 1 is 0.771 bits per heavy atom. The number of nitrogens with zero attached hydrogens (tertiary/aromatic N) is 5. The van der Waals surface area contributed by atoms with E-state index < -0.39 is 0 Å². The molecule has 35 heavy (non-hydrogen) atoms. The first kappa shape index (κ1) is 21.1. The maximum Gasteiger partial charge on any atom is 0.235 e. The molecule has 0 amide bonds.